The van der Waals surface area contributed by atoms with Gasteiger partial charge in [-0.2, -0.15) is 0 Å². The van der Waals surface area contributed by atoms with Crippen molar-refractivity contribution in [1.82, 2.24) is 14.8 Å². The second kappa shape index (κ2) is 5.03. The lowest BCUT2D eigenvalue weighted by Crippen LogP contribution is -2.42. The van der Waals surface area contributed by atoms with Crippen LogP contribution >= 0.6 is 10.7 Å². The van der Waals surface area contributed by atoms with Crippen molar-refractivity contribution in [2.45, 2.75) is 56.3 Å². The Morgan fingerprint density at radius 2 is 2.05 bits per heavy atom. The van der Waals surface area contributed by atoms with Crippen LogP contribution in [-0.2, 0) is 20.2 Å². The molecular formula is C11H18ClN3O3S. The predicted molar refractivity (Wildman–Crippen MR) is 70.7 cm³/mol. The van der Waals surface area contributed by atoms with Crippen molar-refractivity contribution in [3.63, 3.8) is 0 Å². The first-order valence-corrected chi connectivity index (χ1v) is 8.54. The van der Waals surface area contributed by atoms with Crippen LogP contribution in [0.25, 0.3) is 0 Å². The number of methoxy groups -OCH3 is 1. The SMILES string of the molecule is COC1(Cc2nnc(S(=O)(=O)Cl)n2C(C)C)CCC1. The van der Waals surface area contributed by atoms with Gasteiger partial charge >= 0.3 is 0 Å². The van der Waals surface area contributed by atoms with Crippen LogP contribution in [0.5, 0.6) is 0 Å². The Hall–Kier alpha value is -0.660. The van der Waals surface area contributed by atoms with Gasteiger partial charge in [0.2, 0.25) is 0 Å². The van der Waals surface area contributed by atoms with Crippen LogP contribution in [0.15, 0.2) is 5.16 Å². The normalized spacial score (nSPS) is 18.6. The Labute approximate surface area is 117 Å². The summed E-state index contributed by atoms with van der Waals surface area (Å²) in [6.45, 7) is 3.75. The molecule has 1 aromatic heterocycles. The number of ether oxygens (including phenoxy) is 1. The summed E-state index contributed by atoms with van der Waals surface area (Å²) >= 11 is 0. The van der Waals surface area contributed by atoms with Crippen LogP contribution in [-0.4, -0.2) is 35.9 Å². The molecule has 1 heterocycles. The molecule has 8 heteroatoms. The summed E-state index contributed by atoms with van der Waals surface area (Å²) < 4.78 is 30.1. The van der Waals surface area contributed by atoms with E-state index in [1.54, 1.807) is 11.7 Å². The Kier molecular flexibility index (Phi) is 3.90. The summed E-state index contributed by atoms with van der Waals surface area (Å²) in [5, 5.41) is 7.52. The second-order valence-electron chi connectivity index (χ2n) is 5.22. The van der Waals surface area contributed by atoms with Gasteiger partial charge in [0.1, 0.15) is 5.82 Å². The standard InChI is InChI=1S/C11H18ClN3O3S/c1-8(2)15-9(7-11(18-3)5-4-6-11)13-14-10(15)19(12,16)17/h8H,4-7H2,1-3H3. The van der Waals surface area contributed by atoms with Crippen molar-refractivity contribution in [2.24, 2.45) is 0 Å². The third kappa shape index (κ3) is 2.78. The molecule has 108 valence electrons. The molecule has 0 aliphatic heterocycles. The molecule has 0 unspecified atom stereocenters. The summed E-state index contributed by atoms with van der Waals surface area (Å²) in [5.41, 5.74) is -0.229. The van der Waals surface area contributed by atoms with Crippen LogP contribution in [0.2, 0.25) is 0 Å². The molecular weight excluding hydrogens is 290 g/mol. The number of aromatic nitrogens is 3. The molecule has 2 rings (SSSR count). The highest BCUT2D eigenvalue weighted by Crippen LogP contribution is 2.38. The fourth-order valence-corrected chi connectivity index (χ4v) is 3.43. The zero-order valence-electron chi connectivity index (χ0n) is 11.3. The molecule has 0 spiro atoms. The highest BCUT2D eigenvalue weighted by atomic mass is 35.7. The van der Waals surface area contributed by atoms with Crippen molar-refractivity contribution in [2.75, 3.05) is 7.11 Å². The topological polar surface area (TPSA) is 74.1 Å². The number of rotatable bonds is 5. The van der Waals surface area contributed by atoms with E-state index in [1.165, 1.54) is 0 Å². The Morgan fingerprint density at radius 1 is 1.42 bits per heavy atom. The Morgan fingerprint density at radius 3 is 2.42 bits per heavy atom. The molecule has 0 atom stereocenters. The van der Waals surface area contributed by atoms with Gasteiger partial charge in [-0.15, -0.1) is 10.2 Å². The minimum atomic E-state index is -3.89. The van der Waals surface area contributed by atoms with Crippen molar-refractivity contribution in [3.8, 4) is 0 Å². The molecule has 1 aliphatic rings. The minimum absolute atomic E-state index is 0.0810. The van der Waals surface area contributed by atoms with E-state index >= 15 is 0 Å². The molecule has 0 saturated heterocycles. The van der Waals surface area contributed by atoms with Gasteiger partial charge in [0.15, 0.2) is 0 Å². The quantitative estimate of drug-likeness (QED) is 0.777. The fourth-order valence-electron chi connectivity index (χ4n) is 2.43. The molecule has 19 heavy (non-hydrogen) atoms. The largest absolute Gasteiger partial charge is 0.378 e. The molecule has 0 bridgehead atoms. The maximum atomic E-state index is 11.5. The zero-order chi connectivity index (χ0) is 14.3. The Bertz CT molecular complexity index is 558. The van der Waals surface area contributed by atoms with E-state index in [0.717, 1.165) is 19.3 Å². The molecule has 1 aromatic rings. The number of nitrogens with zero attached hydrogens (tertiary/aromatic N) is 3. The first kappa shape index (κ1) is 14.7. The Balaban J connectivity index is 2.39. The van der Waals surface area contributed by atoms with E-state index in [0.29, 0.717) is 12.2 Å². The van der Waals surface area contributed by atoms with Crippen LogP contribution in [0.4, 0.5) is 0 Å². The van der Waals surface area contributed by atoms with Gasteiger partial charge < -0.3 is 4.74 Å². The molecule has 0 amide bonds. The first-order chi connectivity index (χ1) is 8.79. The monoisotopic (exact) mass is 307 g/mol. The van der Waals surface area contributed by atoms with Crippen molar-refractivity contribution < 1.29 is 13.2 Å². The summed E-state index contributed by atoms with van der Waals surface area (Å²) in [6, 6.07) is -0.0810. The maximum absolute atomic E-state index is 11.5. The summed E-state index contributed by atoms with van der Waals surface area (Å²) in [6.07, 6.45) is 3.58. The van der Waals surface area contributed by atoms with Crippen molar-refractivity contribution in [3.05, 3.63) is 5.82 Å². The van der Waals surface area contributed by atoms with Gasteiger partial charge in [-0.3, -0.25) is 4.57 Å². The van der Waals surface area contributed by atoms with Crippen LogP contribution in [0.3, 0.4) is 0 Å². The smallest absolute Gasteiger partial charge is 0.296 e. The zero-order valence-corrected chi connectivity index (χ0v) is 12.8. The second-order valence-corrected chi connectivity index (χ2v) is 7.68. The van der Waals surface area contributed by atoms with Crippen molar-refractivity contribution >= 4 is 19.7 Å². The van der Waals surface area contributed by atoms with E-state index < -0.39 is 9.05 Å². The third-order valence-electron chi connectivity index (χ3n) is 3.65. The summed E-state index contributed by atoms with van der Waals surface area (Å²) in [7, 11) is 3.18. The van der Waals surface area contributed by atoms with Gasteiger partial charge in [0, 0.05) is 30.3 Å². The lowest BCUT2D eigenvalue weighted by molar-refractivity contribution is -0.0728. The van der Waals surface area contributed by atoms with E-state index in [1.807, 2.05) is 13.8 Å². The highest BCUT2D eigenvalue weighted by Gasteiger charge is 2.39. The van der Waals surface area contributed by atoms with Gasteiger partial charge in [-0.25, -0.2) is 8.42 Å². The van der Waals surface area contributed by atoms with E-state index in [9.17, 15) is 8.42 Å². The van der Waals surface area contributed by atoms with Crippen LogP contribution < -0.4 is 0 Å². The molecule has 1 fully saturated rings. The predicted octanol–water partition coefficient (Wildman–Crippen LogP) is 1.90. The summed E-state index contributed by atoms with van der Waals surface area (Å²) in [5.74, 6) is 0.607. The molecule has 1 aliphatic carbocycles. The molecule has 0 radical (unpaired) electrons. The molecule has 6 nitrogen and oxygen atoms in total. The van der Waals surface area contributed by atoms with Gasteiger partial charge in [0.25, 0.3) is 14.2 Å². The maximum Gasteiger partial charge on any atom is 0.296 e. The molecule has 0 aromatic carbocycles. The van der Waals surface area contributed by atoms with Gasteiger partial charge in [0.05, 0.1) is 5.60 Å². The number of hydrogen-bond acceptors (Lipinski definition) is 5. The van der Waals surface area contributed by atoms with Crippen LogP contribution in [0.1, 0.15) is 45.0 Å². The van der Waals surface area contributed by atoms with Gasteiger partial charge in [-0.1, -0.05) is 0 Å². The fraction of sp³-hybridized carbons (Fsp3) is 0.818. The average Bonchev–Trinajstić information content (AvgIpc) is 2.66. The number of halogens is 1. The van der Waals surface area contributed by atoms with Gasteiger partial charge in [-0.05, 0) is 33.1 Å². The minimum Gasteiger partial charge on any atom is -0.378 e. The first-order valence-electron chi connectivity index (χ1n) is 6.23. The average molecular weight is 308 g/mol. The van der Waals surface area contributed by atoms with E-state index in [4.69, 9.17) is 15.4 Å². The lowest BCUT2D eigenvalue weighted by atomic mass is 9.77. The van der Waals surface area contributed by atoms with E-state index in [-0.39, 0.29) is 16.8 Å². The summed E-state index contributed by atoms with van der Waals surface area (Å²) in [4.78, 5) is 0. The van der Waals surface area contributed by atoms with Crippen LogP contribution in [0, 0.1) is 0 Å². The van der Waals surface area contributed by atoms with E-state index in [2.05, 4.69) is 10.2 Å². The number of hydrogen-bond donors (Lipinski definition) is 0. The third-order valence-corrected chi connectivity index (χ3v) is 4.78. The molecule has 0 N–H and O–H groups in total. The lowest BCUT2D eigenvalue weighted by Gasteiger charge is -2.40. The molecule has 1 saturated carbocycles. The van der Waals surface area contributed by atoms with Crippen molar-refractivity contribution in [1.29, 1.82) is 0 Å². The highest BCUT2D eigenvalue weighted by molar-refractivity contribution is 8.13.